The van der Waals surface area contributed by atoms with Gasteiger partial charge < -0.3 is 0 Å². The van der Waals surface area contributed by atoms with Crippen molar-refractivity contribution in [2.24, 2.45) is 0 Å². The van der Waals surface area contributed by atoms with Gasteiger partial charge in [0.1, 0.15) is 0 Å². The van der Waals surface area contributed by atoms with Crippen molar-refractivity contribution < 1.29 is 0 Å². The Balaban J connectivity index is 2.89. The van der Waals surface area contributed by atoms with Crippen LogP contribution in [0.3, 0.4) is 0 Å². The van der Waals surface area contributed by atoms with E-state index in [9.17, 15) is 0 Å². The van der Waals surface area contributed by atoms with Crippen molar-refractivity contribution in [2.45, 2.75) is 39.7 Å². The quantitative estimate of drug-likeness (QED) is 0.603. The Kier molecular flexibility index (Phi) is 2.03. The monoisotopic (exact) mass is 152 g/mol. The molecule has 2 nitrogen and oxygen atoms in total. The van der Waals surface area contributed by atoms with Crippen LogP contribution in [0.2, 0.25) is 0 Å². The average molecular weight is 152 g/mol. The molecule has 0 aliphatic heterocycles. The molecule has 62 valence electrons. The van der Waals surface area contributed by atoms with E-state index in [0.717, 1.165) is 6.54 Å². The van der Waals surface area contributed by atoms with Gasteiger partial charge in [-0.1, -0.05) is 20.8 Å². The first-order valence-electron chi connectivity index (χ1n) is 4.08. The summed E-state index contributed by atoms with van der Waals surface area (Å²) in [6.45, 7) is 9.58. The van der Waals surface area contributed by atoms with Gasteiger partial charge >= 0.3 is 0 Å². The topological polar surface area (TPSA) is 17.8 Å². The maximum atomic E-state index is 4.42. The van der Waals surface area contributed by atoms with E-state index in [2.05, 4.69) is 38.9 Å². The van der Waals surface area contributed by atoms with Crippen LogP contribution < -0.4 is 0 Å². The molecule has 0 aromatic carbocycles. The molecule has 0 aliphatic rings. The van der Waals surface area contributed by atoms with Crippen LogP contribution in [0.15, 0.2) is 12.3 Å². The minimum absolute atomic E-state index is 0.181. The van der Waals surface area contributed by atoms with E-state index in [4.69, 9.17) is 0 Å². The minimum Gasteiger partial charge on any atom is -0.273 e. The van der Waals surface area contributed by atoms with Crippen LogP contribution >= 0.6 is 0 Å². The van der Waals surface area contributed by atoms with Gasteiger partial charge in [-0.15, -0.1) is 0 Å². The Morgan fingerprint density at radius 1 is 1.45 bits per heavy atom. The highest BCUT2D eigenvalue weighted by Crippen LogP contribution is 2.19. The van der Waals surface area contributed by atoms with E-state index in [1.54, 1.807) is 0 Å². The first-order valence-corrected chi connectivity index (χ1v) is 4.08. The van der Waals surface area contributed by atoms with Crippen LogP contribution in [0.4, 0.5) is 0 Å². The second-order valence-corrected chi connectivity index (χ2v) is 3.81. The summed E-state index contributed by atoms with van der Waals surface area (Å²) in [5.74, 6) is 0. The Morgan fingerprint density at radius 3 is 2.36 bits per heavy atom. The van der Waals surface area contributed by atoms with Crippen molar-refractivity contribution in [2.75, 3.05) is 0 Å². The van der Waals surface area contributed by atoms with Gasteiger partial charge in [-0.25, -0.2) is 0 Å². The third-order valence-corrected chi connectivity index (χ3v) is 1.73. The third kappa shape index (κ3) is 1.82. The highest BCUT2D eigenvalue weighted by Gasteiger charge is 2.15. The van der Waals surface area contributed by atoms with E-state index >= 15 is 0 Å². The van der Waals surface area contributed by atoms with Crippen LogP contribution in [0.1, 0.15) is 33.4 Å². The summed E-state index contributed by atoms with van der Waals surface area (Å²) in [4.78, 5) is 0. The highest BCUT2D eigenvalue weighted by molar-refractivity contribution is 5.10. The molecule has 2 heteroatoms. The summed E-state index contributed by atoms with van der Waals surface area (Å²) in [6.07, 6.45) is 2.03. The van der Waals surface area contributed by atoms with Crippen molar-refractivity contribution in [3.05, 3.63) is 18.0 Å². The summed E-state index contributed by atoms with van der Waals surface area (Å²) in [7, 11) is 0. The summed E-state index contributed by atoms with van der Waals surface area (Å²) in [6, 6.07) is 2.09. The number of hydrogen-bond acceptors (Lipinski definition) is 1. The lowest BCUT2D eigenvalue weighted by atomic mass is 9.93. The van der Waals surface area contributed by atoms with Crippen LogP contribution in [0.25, 0.3) is 0 Å². The Hall–Kier alpha value is -0.790. The molecule has 0 atom stereocenters. The highest BCUT2D eigenvalue weighted by atomic mass is 15.3. The zero-order chi connectivity index (χ0) is 8.48. The molecule has 11 heavy (non-hydrogen) atoms. The number of aryl methyl sites for hydroxylation is 1. The largest absolute Gasteiger partial charge is 0.273 e. The van der Waals surface area contributed by atoms with Gasteiger partial charge in [0.05, 0.1) is 5.69 Å². The molecule has 0 fully saturated rings. The van der Waals surface area contributed by atoms with Gasteiger partial charge in [0.15, 0.2) is 0 Å². The van der Waals surface area contributed by atoms with Gasteiger partial charge in [-0.3, -0.25) is 4.68 Å². The molecule has 0 saturated heterocycles. The molecule has 1 aromatic heterocycles. The van der Waals surface area contributed by atoms with E-state index in [1.165, 1.54) is 5.69 Å². The van der Waals surface area contributed by atoms with E-state index in [1.807, 2.05) is 10.9 Å². The second kappa shape index (κ2) is 2.68. The number of hydrogen-bond donors (Lipinski definition) is 0. The van der Waals surface area contributed by atoms with E-state index in [-0.39, 0.29) is 5.41 Å². The Labute approximate surface area is 68.2 Å². The molecule has 0 aliphatic carbocycles. The van der Waals surface area contributed by atoms with Gasteiger partial charge in [0, 0.05) is 18.2 Å². The minimum atomic E-state index is 0.181. The van der Waals surface area contributed by atoms with Crippen molar-refractivity contribution in [1.82, 2.24) is 9.78 Å². The number of nitrogens with zero attached hydrogens (tertiary/aromatic N) is 2. The Morgan fingerprint density at radius 2 is 2.09 bits per heavy atom. The van der Waals surface area contributed by atoms with Gasteiger partial charge in [-0.05, 0) is 13.0 Å². The number of aromatic nitrogens is 2. The summed E-state index contributed by atoms with van der Waals surface area (Å²) in [5.41, 5.74) is 1.35. The molecule has 1 aromatic rings. The predicted molar refractivity (Wildman–Crippen MR) is 46.6 cm³/mol. The Bertz CT molecular complexity index is 230. The van der Waals surface area contributed by atoms with Gasteiger partial charge in [-0.2, -0.15) is 5.10 Å². The van der Waals surface area contributed by atoms with Crippen molar-refractivity contribution >= 4 is 0 Å². The summed E-state index contributed by atoms with van der Waals surface area (Å²) < 4.78 is 1.96. The van der Waals surface area contributed by atoms with Crippen LogP contribution in [-0.2, 0) is 12.0 Å². The fraction of sp³-hybridized carbons (Fsp3) is 0.667. The summed E-state index contributed by atoms with van der Waals surface area (Å²) >= 11 is 0. The molecule has 0 bridgehead atoms. The van der Waals surface area contributed by atoms with E-state index < -0.39 is 0 Å². The van der Waals surface area contributed by atoms with Gasteiger partial charge in [0.25, 0.3) is 0 Å². The molecule has 1 heterocycles. The molecular formula is C9H16N2. The average Bonchev–Trinajstić information content (AvgIpc) is 2.32. The molecule has 0 amide bonds. The van der Waals surface area contributed by atoms with Crippen molar-refractivity contribution in [3.8, 4) is 0 Å². The predicted octanol–water partition coefficient (Wildman–Crippen LogP) is 2.20. The maximum Gasteiger partial charge on any atom is 0.0677 e. The second-order valence-electron chi connectivity index (χ2n) is 3.81. The maximum absolute atomic E-state index is 4.42. The third-order valence-electron chi connectivity index (χ3n) is 1.73. The first-order chi connectivity index (χ1) is 5.04. The molecule has 1 rings (SSSR count). The van der Waals surface area contributed by atoms with Crippen LogP contribution in [0, 0.1) is 0 Å². The molecule has 0 radical (unpaired) electrons. The lowest BCUT2D eigenvalue weighted by molar-refractivity contribution is 0.541. The summed E-state index contributed by atoms with van der Waals surface area (Å²) in [5, 5.41) is 4.42. The van der Waals surface area contributed by atoms with Crippen molar-refractivity contribution in [1.29, 1.82) is 0 Å². The van der Waals surface area contributed by atoms with Crippen LogP contribution in [-0.4, -0.2) is 9.78 Å². The van der Waals surface area contributed by atoms with Gasteiger partial charge in [0.2, 0.25) is 0 Å². The zero-order valence-corrected chi connectivity index (χ0v) is 7.76. The van der Waals surface area contributed by atoms with Crippen LogP contribution in [0.5, 0.6) is 0 Å². The molecule has 0 saturated carbocycles. The number of rotatable bonds is 1. The van der Waals surface area contributed by atoms with Crippen molar-refractivity contribution in [3.63, 3.8) is 0 Å². The molecule has 0 unspecified atom stereocenters. The zero-order valence-electron chi connectivity index (χ0n) is 7.76. The fourth-order valence-corrected chi connectivity index (χ4v) is 0.938. The molecular weight excluding hydrogens is 136 g/mol. The fourth-order valence-electron chi connectivity index (χ4n) is 0.938. The van der Waals surface area contributed by atoms with E-state index in [0.29, 0.717) is 0 Å². The smallest absolute Gasteiger partial charge is 0.0677 e. The lowest BCUT2D eigenvalue weighted by Gasteiger charge is -2.14. The molecule has 0 spiro atoms. The lowest BCUT2D eigenvalue weighted by Crippen LogP contribution is -2.12. The normalized spacial score (nSPS) is 12.0. The standard InChI is InChI=1S/C9H16N2/c1-5-11-7-6-8(10-11)9(2,3)4/h6-7H,5H2,1-4H3. The molecule has 0 N–H and O–H groups in total. The first kappa shape index (κ1) is 8.31. The SMILES string of the molecule is CCn1ccc(C(C)(C)C)n1.